The molecule has 0 spiro atoms. The Balaban J connectivity index is 1.45. The number of nitrogens with one attached hydrogen (secondary N) is 1. The highest BCUT2D eigenvalue weighted by Crippen LogP contribution is 2.22. The van der Waals surface area contributed by atoms with Crippen LogP contribution in [-0.2, 0) is 11.3 Å². The Kier molecular flexibility index (Phi) is 5.73. The average Bonchev–Trinajstić information content (AvgIpc) is 3.39. The smallest absolute Gasteiger partial charge is 0.226 e. The van der Waals surface area contributed by atoms with Gasteiger partial charge >= 0.3 is 0 Å². The maximum Gasteiger partial charge on any atom is 0.226 e. The number of anilines is 2. The number of para-hydroxylation sites is 1. The molecule has 152 valence electrons. The van der Waals surface area contributed by atoms with E-state index in [1.54, 1.807) is 13.3 Å². The highest BCUT2D eigenvalue weighted by Gasteiger charge is 2.33. The number of hydrogen-bond acceptors (Lipinski definition) is 7. The maximum absolute atomic E-state index is 5.75. The molecule has 3 heterocycles. The van der Waals surface area contributed by atoms with Crippen LogP contribution in [0.15, 0.2) is 55.0 Å². The van der Waals surface area contributed by atoms with E-state index < -0.39 is 0 Å². The summed E-state index contributed by atoms with van der Waals surface area (Å²) >= 11 is 0. The first-order valence-corrected chi connectivity index (χ1v) is 9.75. The van der Waals surface area contributed by atoms with Crippen LogP contribution in [0.1, 0.15) is 5.82 Å². The number of hydrogen-bond donors (Lipinski definition) is 1. The van der Waals surface area contributed by atoms with Crippen molar-refractivity contribution in [2.75, 3.05) is 44.1 Å². The van der Waals surface area contributed by atoms with Crippen molar-refractivity contribution in [2.45, 2.75) is 18.7 Å². The van der Waals surface area contributed by atoms with E-state index in [1.807, 2.05) is 55.7 Å². The van der Waals surface area contributed by atoms with Gasteiger partial charge in [-0.25, -0.2) is 9.97 Å². The van der Waals surface area contributed by atoms with Gasteiger partial charge in [0.2, 0.25) is 5.95 Å². The fourth-order valence-electron chi connectivity index (χ4n) is 3.64. The predicted octanol–water partition coefficient (Wildman–Crippen LogP) is 1.72. The van der Waals surface area contributed by atoms with E-state index in [0.29, 0.717) is 12.5 Å². The second kappa shape index (κ2) is 8.59. The van der Waals surface area contributed by atoms with E-state index in [9.17, 15) is 0 Å². The number of methoxy groups -OCH3 is 1. The molecule has 0 amide bonds. The van der Waals surface area contributed by atoms with Gasteiger partial charge in [0.25, 0.3) is 0 Å². The molecule has 2 aromatic heterocycles. The molecule has 2 atom stereocenters. The summed E-state index contributed by atoms with van der Waals surface area (Å²) in [5, 5.41) is 3.63. The minimum Gasteiger partial charge on any atom is -0.378 e. The summed E-state index contributed by atoms with van der Waals surface area (Å²) in [5.41, 5.74) is 1.11. The first-order valence-electron chi connectivity index (χ1n) is 9.75. The van der Waals surface area contributed by atoms with Crippen LogP contribution in [-0.4, -0.2) is 66.0 Å². The molecular weight excluding hydrogens is 366 g/mol. The first-order chi connectivity index (χ1) is 14.2. The molecule has 0 saturated carbocycles. The van der Waals surface area contributed by atoms with E-state index in [2.05, 4.69) is 41.9 Å². The van der Waals surface area contributed by atoms with Crippen LogP contribution in [0.2, 0.25) is 0 Å². The lowest BCUT2D eigenvalue weighted by Gasteiger charge is -2.19. The van der Waals surface area contributed by atoms with Crippen LogP contribution in [0.5, 0.6) is 0 Å². The molecule has 1 aliphatic heterocycles. The van der Waals surface area contributed by atoms with Gasteiger partial charge in [0.05, 0.1) is 18.7 Å². The van der Waals surface area contributed by atoms with Crippen molar-refractivity contribution in [3.05, 3.63) is 60.8 Å². The van der Waals surface area contributed by atoms with Gasteiger partial charge in [-0.15, -0.1) is 0 Å². The van der Waals surface area contributed by atoms with Crippen molar-refractivity contribution in [1.29, 1.82) is 0 Å². The third-order valence-electron chi connectivity index (χ3n) is 5.20. The molecule has 29 heavy (non-hydrogen) atoms. The number of imidazole rings is 1. The van der Waals surface area contributed by atoms with Gasteiger partial charge in [-0.1, -0.05) is 18.2 Å². The van der Waals surface area contributed by atoms with Crippen LogP contribution in [0.4, 0.5) is 11.8 Å². The van der Waals surface area contributed by atoms with Crippen molar-refractivity contribution >= 4 is 11.8 Å². The molecule has 1 aromatic carbocycles. The Bertz CT molecular complexity index is 928. The fourth-order valence-corrected chi connectivity index (χ4v) is 3.64. The zero-order valence-corrected chi connectivity index (χ0v) is 17.1. The van der Waals surface area contributed by atoms with Crippen molar-refractivity contribution in [3.63, 3.8) is 0 Å². The third kappa shape index (κ3) is 4.23. The minimum atomic E-state index is 0.0768. The van der Waals surface area contributed by atoms with Crippen molar-refractivity contribution in [3.8, 4) is 5.69 Å². The van der Waals surface area contributed by atoms with Gasteiger partial charge in [0.15, 0.2) is 0 Å². The third-order valence-corrected chi connectivity index (χ3v) is 5.20. The Labute approximate surface area is 171 Å². The number of rotatable bonds is 7. The quantitative estimate of drug-likeness (QED) is 0.655. The SMILES string of the molecule is CO[C@@H]1CN(c2ccnc(N(C)C)n2)C[C@@H]1NCc1nccn1-c1ccccc1. The molecule has 8 heteroatoms. The summed E-state index contributed by atoms with van der Waals surface area (Å²) in [4.78, 5) is 17.7. The average molecular weight is 393 g/mol. The number of nitrogens with zero attached hydrogens (tertiary/aromatic N) is 6. The topological polar surface area (TPSA) is 71.3 Å². The molecular formula is C21H27N7O. The Morgan fingerprint density at radius 1 is 1.10 bits per heavy atom. The highest BCUT2D eigenvalue weighted by atomic mass is 16.5. The van der Waals surface area contributed by atoms with Crippen molar-refractivity contribution in [2.24, 2.45) is 0 Å². The minimum absolute atomic E-state index is 0.0768. The zero-order chi connectivity index (χ0) is 20.2. The van der Waals surface area contributed by atoms with E-state index >= 15 is 0 Å². The van der Waals surface area contributed by atoms with E-state index in [1.165, 1.54) is 0 Å². The molecule has 1 fully saturated rings. The summed E-state index contributed by atoms with van der Waals surface area (Å²) in [6.45, 7) is 2.26. The summed E-state index contributed by atoms with van der Waals surface area (Å²) in [5.74, 6) is 2.60. The number of ether oxygens (including phenoxy) is 1. The Morgan fingerprint density at radius 3 is 2.69 bits per heavy atom. The molecule has 1 saturated heterocycles. The number of benzene rings is 1. The van der Waals surface area contributed by atoms with Gasteiger partial charge < -0.3 is 24.4 Å². The van der Waals surface area contributed by atoms with E-state index in [4.69, 9.17) is 4.74 Å². The van der Waals surface area contributed by atoms with Gasteiger partial charge in [-0.3, -0.25) is 0 Å². The summed E-state index contributed by atoms with van der Waals surface area (Å²) in [6, 6.07) is 12.4. The zero-order valence-electron chi connectivity index (χ0n) is 17.1. The Hall–Kier alpha value is -2.97. The van der Waals surface area contributed by atoms with Crippen LogP contribution in [0.3, 0.4) is 0 Å². The van der Waals surface area contributed by atoms with E-state index in [-0.39, 0.29) is 12.1 Å². The van der Waals surface area contributed by atoms with E-state index in [0.717, 1.165) is 30.4 Å². The maximum atomic E-state index is 5.75. The van der Waals surface area contributed by atoms with Crippen molar-refractivity contribution < 1.29 is 4.74 Å². The van der Waals surface area contributed by atoms with Crippen LogP contribution in [0, 0.1) is 0 Å². The molecule has 4 rings (SSSR count). The molecule has 0 aliphatic carbocycles. The Morgan fingerprint density at radius 2 is 1.93 bits per heavy atom. The monoisotopic (exact) mass is 393 g/mol. The normalized spacial score (nSPS) is 18.9. The van der Waals surface area contributed by atoms with Crippen LogP contribution < -0.4 is 15.1 Å². The van der Waals surface area contributed by atoms with Gasteiger partial charge in [0, 0.05) is 58.6 Å². The molecule has 1 aliphatic rings. The largest absolute Gasteiger partial charge is 0.378 e. The second-order valence-corrected chi connectivity index (χ2v) is 7.32. The summed E-state index contributed by atoms with van der Waals surface area (Å²) in [6.07, 6.45) is 5.71. The molecule has 3 aromatic rings. The fraction of sp³-hybridized carbons (Fsp3) is 0.381. The lowest BCUT2D eigenvalue weighted by atomic mass is 10.2. The van der Waals surface area contributed by atoms with Gasteiger partial charge in [-0.05, 0) is 18.2 Å². The summed E-state index contributed by atoms with van der Waals surface area (Å²) in [7, 11) is 5.65. The molecule has 0 unspecified atom stereocenters. The van der Waals surface area contributed by atoms with Gasteiger partial charge in [0.1, 0.15) is 11.6 Å². The standard InChI is InChI=1S/C21H27N7O/c1-26(2)21-23-10-9-19(25-21)27-14-17(18(15-27)29-3)24-13-20-22-11-12-28(20)16-7-5-4-6-8-16/h4-12,17-18,24H,13-15H2,1-3H3/t17-,18+/m0/s1. The predicted molar refractivity (Wildman–Crippen MR) is 114 cm³/mol. The van der Waals surface area contributed by atoms with Gasteiger partial charge in [-0.2, -0.15) is 4.98 Å². The molecule has 8 nitrogen and oxygen atoms in total. The molecule has 0 radical (unpaired) electrons. The number of aromatic nitrogens is 4. The van der Waals surface area contributed by atoms with Crippen LogP contribution >= 0.6 is 0 Å². The van der Waals surface area contributed by atoms with Crippen molar-refractivity contribution in [1.82, 2.24) is 24.8 Å². The summed E-state index contributed by atoms with van der Waals surface area (Å²) < 4.78 is 7.86. The second-order valence-electron chi connectivity index (χ2n) is 7.32. The first kappa shape index (κ1) is 19.4. The molecule has 1 N–H and O–H groups in total. The lowest BCUT2D eigenvalue weighted by molar-refractivity contribution is 0.0964. The van der Waals surface area contributed by atoms with Crippen LogP contribution in [0.25, 0.3) is 5.69 Å². The molecule has 0 bridgehead atoms. The highest BCUT2D eigenvalue weighted by molar-refractivity contribution is 5.45. The lowest BCUT2D eigenvalue weighted by Crippen LogP contribution is -2.40.